The van der Waals surface area contributed by atoms with Crippen molar-refractivity contribution in [3.05, 3.63) is 65.2 Å². The van der Waals surface area contributed by atoms with Crippen molar-refractivity contribution in [3.63, 3.8) is 0 Å². The highest BCUT2D eigenvalue weighted by atomic mass is 16.5. The fourth-order valence-electron chi connectivity index (χ4n) is 2.95. The van der Waals surface area contributed by atoms with Gasteiger partial charge in [-0.3, -0.25) is 0 Å². The fourth-order valence-corrected chi connectivity index (χ4v) is 2.95. The summed E-state index contributed by atoms with van der Waals surface area (Å²) < 4.78 is 11.1. The van der Waals surface area contributed by atoms with Crippen LogP contribution in [0, 0.1) is 25.2 Å². The van der Waals surface area contributed by atoms with Gasteiger partial charge in [-0.05, 0) is 94.0 Å². The topological polar surface area (TPSA) is 84.0 Å². The molecule has 0 bridgehead atoms. The van der Waals surface area contributed by atoms with Gasteiger partial charge in [0.2, 0.25) is 0 Å². The predicted octanol–water partition coefficient (Wildman–Crippen LogP) is 6.65. The first kappa shape index (κ1) is 23.8. The maximum atomic E-state index is 11.3. The Morgan fingerprint density at radius 3 is 2.13 bits per heavy atom. The lowest BCUT2D eigenvalue weighted by atomic mass is 10.1. The molecule has 0 N–H and O–H groups in total. The first-order chi connectivity index (χ1) is 14.9. The molecule has 0 saturated heterocycles. The van der Waals surface area contributed by atoms with Crippen LogP contribution in [0.2, 0.25) is 0 Å². The standard InChI is InChI=1S/C25H29N3O3/c1-18(2)25(29)31-14-8-6-5-7-13-30-24-19(3)15-23(16-20(24)4)28-27-22-11-9-21(17-26)10-12-22/h9-12,15-16H,1,5-8,13-14H2,2-4H3. The number of ether oxygens (including phenoxy) is 2. The molecule has 0 spiro atoms. The monoisotopic (exact) mass is 419 g/mol. The van der Waals surface area contributed by atoms with Crippen molar-refractivity contribution >= 4 is 17.3 Å². The van der Waals surface area contributed by atoms with E-state index in [1.165, 1.54) is 0 Å². The molecule has 162 valence electrons. The van der Waals surface area contributed by atoms with Crippen LogP contribution >= 0.6 is 0 Å². The third-order valence-corrected chi connectivity index (χ3v) is 4.59. The molecule has 0 saturated carbocycles. The highest BCUT2D eigenvalue weighted by Gasteiger charge is 2.07. The molecule has 6 nitrogen and oxygen atoms in total. The summed E-state index contributed by atoms with van der Waals surface area (Å²) in [6, 6.07) is 13.0. The number of carbonyl (C=O) groups is 1. The summed E-state index contributed by atoms with van der Waals surface area (Å²) >= 11 is 0. The van der Waals surface area contributed by atoms with E-state index >= 15 is 0 Å². The summed E-state index contributed by atoms with van der Waals surface area (Å²) in [4.78, 5) is 11.3. The molecule has 0 aliphatic rings. The Bertz CT molecular complexity index is 949. The Balaban J connectivity index is 1.77. The second-order valence-corrected chi connectivity index (χ2v) is 7.45. The minimum Gasteiger partial charge on any atom is -0.493 e. The number of nitrogens with zero attached hydrogens (tertiary/aromatic N) is 3. The van der Waals surface area contributed by atoms with Gasteiger partial charge in [0.15, 0.2) is 0 Å². The number of unbranched alkanes of at least 4 members (excludes halogenated alkanes) is 3. The van der Waals surface area contributed by atoms with Crippen molar-refractivity contribution in [2.75, 3.05) is 13.2 Å². The van der Waals surface area contributed by atoms with Crippen molar-refractivity contribution in [2.24, 2.45) is 10.2 Å². The smallest absolute Gasteiger partial charge is 0.333 e. The average Bonchev–Trinajstić information content (AvgIpc) is 2.75. The predicted molar refractivity (Wildman–Crippen MR) is 121 cm³/mol. The second kappa shape index (κ2) is 12.3. The first-order valence-electron chi connectivity index (χ1n) is 10.4. The summed E-state index contributed by atoms with van der Waals surface area (Å²) in [6.45, 7) is 10.3. The zero-order valence-electron chi connectivity index (χ0n) is 18.5. The van der Waals surface area contributed by atoms with E-state index in [-0.39, 0.29) is 5.97 Å². The van der Waals surface area contributed by atoms with E-state index in [0.717, 1.165) is 48.2 Å². The normalized spacial score (nSPS) is 10.6. The molecule has 0 radical (unpaired) electrons. The average molecular weight is 420 g/mol. The summed E-state index contributed by atoms with van der Waals surface area (Å²) in [5.74, 6) is 0.557. The van der Waals surface area contributed by atoms with Crippen molar-refractivity contribution in [1.82, 2.24) is 0 Å². The quantitative estimate of drug-likeness (QED) is 0.177. The molecule has 0 aliphatic carbocycles. The van der Waals surface area contributed by atoms with Crippen molar-refractivity contribution in [1.29, 1.82) is 5.26 Å². The van der Waals surface area contributed by atoms with Crippen LogP contribution in [0.4, 0.5) is 11.4 Å². The van der Waals surface area contributed by atoms with Crippen LogP contribution in [0.3, 0.4) is 0 Å². The van der Waals surface area contributed by atoms with Gasteiger partial charge in [-0.2, -0.15) is 15.5 Å². The van der Waals surface area contributed by atoms with E-state index in [2.05, 4.69) is 22.9 Å². The summed E-state index contributed by atoms with van der Waals surface area (Å²) in [6.07, 6.45) is 3.78. The number of nitriles is 1. The van der Waals surface area contributed by atoms with Gasteiger partial charge in [-0.25, -0.2) is 4.79 Å². The summed E-state index contributed by atoms with van der Waals surface area (Å²) in [5.41, 5.74) is 4.51. The van der Waals surface area contributed by atoms with Crippen molar-refractivity contribution < 1.29 is 14.3 Å². The van der Waals surface area contributed by atoms with Crippen LogP contribution in [0.5, 0.6) is 5.75 Å². The Hall–Kier alpha value is -3.46. The molecule has 0 amide bonds. The van der Waals surface area contributed by atoms with Gasteiger partial charge >= 0.3 is 5.97 Å². The van der Waals surface area contributed by atoms with E-state index in [1.807, 2.05) is 26.0 Å². The van der Waals surface area contributed by atoms with E-state index in [4.69, 9.17) is 14.7 Å². The number of carbonyl (C=O) groups excluding carboxylic acids is 1. The molecular formula is C25H29N3O3. The largest absolute Gasteiger partial charge is 0.493 e. The van der Waals surface area contributed by atoms with Gasteiger partial charge in [0.05, 0.1) is 36.2 Å². The van der Waals surface area contributed by atoms with Gasteiger partial charge in [0.25, 0.3) is 0 Å². The number of hydrogen-bond acceptors (Lipinski definition) is 6. The van der Waals surface area contributed by atoms with Gasteiger partial charge in [0, 0.05) is 5.57 Å². The Morgan fingerprint density at radius 1 is 0.968 bits per heavy atom. The second-order valence-electron chi connectivity index (χ2n) is 7.45. The third kappa shape index (κ3) is 8.06. The molecule has 0 unspecified atom stereocenters. The molecule has 2 aromatic carbocycles. The number of aryl methyl sites for hydroxylation is 2. The molecule has 0 aliphatic heterocycles. The molecular weight excluding hydrogens is 390 g/mol. The molecule has 2 aromatic rings. The summed E-state index contributed by atoms with van der Waals surface area (Å²) in [7, 11) is 0. The minimum atomic E-state index is -0.325. The molecule has 31 heavy (non-hydrogen) atoms. The Morgan fingerprint density at radius 2 is 1.55 bits per heavy atom. The van der Waals surface area contributed by atoms with Crippen molar-refractivity contribution in [2.45, 2.75) is 46.5 Å². The lowest BCUT2D eigenvalue weighted by molar-refractivity contribution is -0.139. The van der Waals surface area contributed by atoms with Gasteiger partial charge in [-0.1, -0.05) is 6.58 Å². The maximum absolute atomic E-state index is 11.3. The van der Waals surface area contributed by atoms with E-state index in [0.29, 0.717) is 30.0 Å². The molecule has 0 heterocycles. The Labute approximate surface area is 184 Å². The van der Waals surface area contributed by atoms with Crippen molar-refractivity contribution in [3.8, 4) is 11.8 Å². The zero-order chi connectivity index (χ0) is 22.6. The van der Waals surface area contributed by atoms with E-state index in [1.54, 1.807) is 31.2 Å². The zero-order valence-corrected chi connectivity index (χ0v) is 18.5. The van der Waals surface area contributed by atoms with Crippen LogP contribution in [0.25, 0.3) is 0 Å². The van der Waals surface area contributed by atoms with Crippen LogP contribution < -0.4 is 4.74 Å². The minimum absolute atomic E-state index is 0.325. The lowest BCUT2D eigenvalue weighted by Crippen LogP contribution is -2.06. The molecule has 0 atom stereocenters. The fraction of sp³-hybridized carbons (Fsp3) is 0.360. The van der Waals surface area contributed by atoms with Gasteiger partial charge in [-0.15, -0.1) is 0 Å². The highest BCUT2D eigenvalue weighted by Crippen LogP contribution is 2.30. The Kier molecular flexibility index (Phi) is 9.44. The van der Waals surface area contributed by atoms with Crippen LogP contribution in [0.15, 0.2) is 58.8 Å². The molecule has 6 heteroatoms. The highest BCUT2D eigenvalue weighted by molar-refractivity contribution is 5.86. The number of esters is 1. The SMILES string of the molecule is C=C(C)C(=O)OCCCCCCOc1c(C)cc(N=Nc2ccc(C#N)cc2)cc1C. The molecule has 0 aromatic heterocycles. The van der Waals surface area contributed by atoms with E-state index in [9.17, 15) is 4.79 Å². The number of benzene rings is 2. The van der Waals surface area contributed by atoms with E-state index < -0.39 is 0 Å². The van der Waals surface area contributed by atoms with Crippen LogP contribution in [-0.2, 0) is 9.53 Å². The lowest BCUT2D eigenvalue weighted by Gasteiger charge is -2.13. The number of rotatable bonds is 11. The summed E-state index contributed by atoms with van der Waals surface area (Å²) in [5, 5.41) is 17.4. The van der Waals surface area contributed by atoms with Crippen LogP contribution in [-0.4, -0.2) is 19.2 Å². The number of azo groups is 1. The molecule has 0 fully saturated rings. The maximum Gasteiger partial charge on any atom is 0.333 e. The molecule has 2 rings (SSSR count). The third-order valence-electron chi connectivity index (χ3n) is 4.59. The first-order valence-corrected chi connectivity index (χ1v) is 10.4. The van der Waals surface area contributed by atoms with Gasteiger partial charge < -0.3 is 9.47 Å². The van der Waals surface area contributed by atoms with Gasteiger partial charge in [0.1, 0.15) is 5.75 Å². The van der Waals surface area contributed by atoms with Crippen LogP contribution in [0.1, 0.15) is 49.3 Å². The number of hydrogen-bond donors (Lipinski definition) is 0.